The van der Waals surface area contributed by atoms with Crippen LogP contribution >= 0.6 is 0 Å². The largest absolute Gasteiger partial charge is 0.458 e. The normalized spacial score (nSPS) is 32.6. The van der Waals surface area contributed by atoms with E-state index in [4.69, 9.17) is 14.9 Å². The second-order valence-corrected chi connectivity index (χ2v) is 4.90. The second-order valence-electron chi connectivity index (χ2n) is 4.90. The van der Waals surface area contributed by atoms with Crippen LogP contribution in [-0.2, 0) is 4.74 Å². The fourth-order valence-electron chi connectivity index (χ4n) is 2.58. The first-order valence-electron chi connectivity index (χ1n) is 6.30. The molecule has 0 aliphatic carbocycles. The standard InChI is InChI=1S/C13H15N3O5/c1-2-13(19)10(18)7(3-17)21-11(13)6-4-20-9-8(6)15-5-16-12(9)14/h2,4-5,7,10-11,17-19H,1,3H2,(H2,14,15,16)/t7-,10-,11+,13-/m1/s1. The van der Waals surface area contributed by atoms with Gasteiger partial charge in [-0.05, 0) is 0 Å². The molecule has 1 saturated heterocycles. The van der Waals surface area contributed by atoms with E-state index in [0.29, 0.717) is 11.1 Å². The first kappa shape index (κ1) is 14.0. The molecule has 3 rings (SSSR count). The average molecular weight is 293 g/mol. The van der Waals surface area contributed by atoms with Crippen LogP contribution < -0.4 is 5.73 Å². The third-order valence-corrected chi connectivity index (χ3v) is 3.75. The van der Waals surface area contributed by atoms with Crippen LogP contribution in [0.25, 0.3) is 11.1 Å². The molecule has 0 radical (unpaired) electrons. The SMILES string of the molecule is C=C[C@@]1(O)[C@H](O)[C@@H](CO)O[C@H]1c1coc2c(N)ncnc12. The zero-order valence-corrected chi connectivity index (χ0v) is 11.0. The molecule has 1 aliphatic heterocycles. The van der Waals surface area contributed by atoms with Crippen LogP contribution in [0.2, 0.25) is 0 Å². The zero-order valence-electron chi connectivity index (χ0n) is 11.0. The molecule has 8 nitrogen and oxygen atoms in total. The van der Waals surface area contributed by atoms with Gasteiger partial charge in [0.15, 0.2) is 11.4 Å². The maximum absolute atomic E-state index is 10.6. The summed E-state index contributed by atoms with van der Waals surface area (Å²) in [5, 5.41) is 30.0. The number of hydrogen-bond donors (Lipinski definition) is 4. The molecular formula is C13H15N3O5. The van der Waals surface area contributed by atoms with Crippen LogP contribution in [0.5, 0.6) is 0 Å². The number of ether oxygens (including phenoxy) is 1. The number of aliphatic hydroxyl groups is 3. The Hall–Kier alpha value is -2.00. The first-order chi connectivity index (χ1) is 10.0. The number of rotatable bonds is 3. The Balaban J connectivity index is 2.13. The van der Waals surface area contributed by atoms with Gasteiger partial charge >= 0.3 is 0 Å². The van der Waals surface area contributed by atoms with E-state index in [2.05, 4.69) is 16.5 Å². The molecule has 0 unspecified atom stereocenters. The Kier molecular flexibility index (Phi) is 3.18. The number of fused-ring (bicyclic) bond motifs is 1. The maximum Gasteiger partial charge on any atom is 0.194 e. The molecule has 2 aromatic heterocycles. The molecule has 0 bridgehead atoms. The predicted molar refractivity (Wildman–Crippen MR) is 72.1 cm³/mol. The van der Waals surface area contributed by atoms with Crippen molar-refractivity contribution in [3.63, 3.8) is 0 Å². The molecule has 3 heterocycles. The smallest absolute Gasteiger partial charge is 0.194 e. The molecule has 1 aliphatic rings. The van der Waals surface area contributed by atoms with E-state index in [-0.39, 0.29) is 11.4 Å². The summed E-state index contributed by atoms with van der Waals surface area (Å²) in [7, 11) is 0. The van der Waals surface area contributed by atoms with E-state index in [0.717, 1.165) is 0 Å². The van der Waals surface area contributed by atoms with E-state index in [1.54, 1.807) is 0 Å². The molecule has 2 aromatic rings. The second kappa shape index (κ2) is 4.78. The summed E-state index contributed by atoms with van der Waals surface area (Å²) in [6.07, 6.45) is 0.523. The number of furan rings is 1. The molecule has 5 N–H and O–H groups in total. The number of aromatic nitrogens is 2. The van der Waals surface area contributed by atoms with Crippen LogP contribution in [-0.4, -0.2) is 49.7 Å². The number of aliphatic hydroxyl groups excluding tert-OH is 2. The lowest BCUT2D eigenvalue weighted by Gasteiger charge is -2.26. The molecule has 112 valence electrons. The van der Waals surface area contributed by atoms with Gasteiger partial charge in [-0.15, -0.1) is 6.58 Å². The van der Waals surface area contributed by atoms with E-state index in [1.807, 2.05) is 0 Å². The number of nitrogen functional groups attached to an aromatic ring is 1. The molecule has 1 fully saturated rings. The highest BCUT2D eigenvalue weighted by molar-refractivity contribution is 5.85. The van der Waals surface area contributed by atoms with E-state index in [9.17, 15) is 15.3 Å². The minimum atomic E-state index is -1.77. The van der Waals surface area contributed by atoms with Crippen molar-refractivity contribution < 1.29 is 24.5 Å². The van der Waals surface area contributed by atoms with Gasteiger partial charge in [-0.25, -0.2) is 9.97 Å². The van der Waals surface area contributed by atoms with E-state index in [1.165, 1.54) is 18.7 Å². The summed E-state index contributed by atoms with van der Waals surface area (Å²) in [6.45, 7) is 3.09. The summed E-state index contributed by atoms with van der Waals surface area (Å²) in [5.41, 5.74) is 4.96. The first-order valence-corrected chi connectivity index (χ1v) is 6.30. The zero-order chi connectivity index (χ0) is 15.2. The summed E-state index contributed by atoms with van der Waals surface area (Å²) in [6, 6.07) is 0. The topological polar surface area (TPSA) is 135 Å². The van der Waals surface area contributed by atoms with Gasteiger partial charge < -0.3 is 30.2 Å². The Labute approximate surface area is 119 Å². The van der Waals surface area contributed by atoms with Crippen LogP contribution in [0.4, 0.5) is 5.82 Å². The third kappa shape index (κ3) is 1.84. The molecule has 0 saturated carbocycles. The summed E-state index contributed by atoms with van der Waals surface area (Å²) >= 11 is 0. The highest BCUT2D eigenvalue weighted by Crippen LogP contribution is 2.44. The van der Waals surface area contributed by atoms with Crippen molar-refractivity contribution in [1.29, 1.82) is 0 Å². The molecule has 21 heavy (non-hydrogen) atoms. The number of anilines is 1. The van der Waals surface area contributed by atoms with Gasteiger partial charge in [0.1, 0.15) is 35.8 Å². The average Bonchev–Trinajstić information content (AvgIpc) is 3.01. The lowest BCUT2D eigenvalue weighted by molar-refractivity contribution is -0.0408. The fourth-order valence-corrected chi connectivity index (χ4v) is 2.58. The quantitative estimate of drug-likeness (QED) is 0.557. The molecular weight excluding hydrogens is 278 g/mol. The number of nitrogens with two attached hydrogens (primary N) is 1. The van der Waals surface area contributed by atoms with E-state index < -0.39 is 30.5 Å². The van der Waals surface area contributed by atoms with Crippen LogP contribution in [0.15, 0.2) is 29.7 Å². The van der Waals surface area contributed by atoms with Gasteiger partial charge in [-0.2, -0.15) is 0 Å². The van der Waals surface area contributed by atoms with Crippen molar-refractivity contribution in [3.05, 3.63) is 30.8 Å². The molecule has 0 spiro atoms. The highest BCUT2D eigenvalue weighted by atomic mass is 16.6. The molecule has 0 amide bonds. The Bertz CT molecular complexity index is 687. The lowest BCUT2D eigenvalue weighted by Crippen LogP contribution is -2.43. The monoisotopic (exact) mass is 293 g/mol. The van der Waals surface area contributed by atoms with Crippen molar-refractivity contribution in [2.24, 2.45) is 0 Å². The number of hydrogen-bond acceptors (Lipinski definition) is 8. The fraction of sp³-hybridized carbons (Fsp3) is 0.385. The van der Waals surface area contributed by atoms with Crippen LogP contribution in [0, 0.1) is 0 Å². The molecule has 4 atom stereocenters. The summed E-state index contributed by atoms with van der Waals surface area (Å²) in [5.74, 6) is 0.158. The van der Waals surface area contributed by atoms with E-state index >= 15 is 0 Å². The van der Waals surface area contributed by atoms with Gasteiger partial charge in [0.2, 0.25) is 0 Å². The van der Waals surface area contributed by atoms with Crippen molar-refractivity contribution >= 4 is 16.9 Å². The van der Waals surface area contributed by atoms with Crippen molar-refractivity contribution in [2.45, 2.75) is 23.9 Å². The van der Waals surface area contributed by atoms with Gasteiger partial charge in [0.25, 0.3) is 0 Å². The van der Waals surface area contributed by atoms with Crippen molar-refractivity contribution in [2.75, 3.05) is 12.3 Å². The Morgan fingerprint density at radius 3 is 2.90 bits per heavy atom. The Morgan fingerprint density at radius 1 is 1.48 bits per heavy atom. The maximum atomic E-state index is 10.6. The van der Waals surface area contributed by atoms with Crippen LogP contribution in [0.3, 0.4) is 0 Å². The predicted octanol–water partition coefficient (Wildman–Crippen LogP) is -0.485. The van der Waals surface area contributed by atoms with Crippen molar-refractivity contribution in [1.82, 2.24) is 9.97 Å². The summed E-state index contributed by atoms with van der Waals surface area (Å²) < 4.78 is 10.9. The van der Waals surface area contributed by atoms with Gasteiger partial charge in [-0.1, -0.05) is 6.08 Å². The number of nitrogens with zero attached hydrogens (tertiary/aromatic N) is 2. The minimum absolute atomic E-state index is 0.158. The molecule has 0 aromatic carbocycles. The molecule has 8 heteroatoms. The third-order valence-electron chi connectivity index (χ3n) is 3.75. The summed E-state index contributed by atoms with van der Waals surface area (Å²) in [4.78, 5) is 7.88. The van der Waals surface area contributed by atoms with Gasteiger partial charge in [0.05, 0.1) is 12.9 Å². The lowest BCUT2D eigenvalue weighted by atomic mass is 9.87. The van der Waals surface area contributed by atoms with Crippen LogP contribution in [0.1, 0.15) is 11.7 Å². The minimum Gasteiger partial charge on any atom is -0.458 e. The Morgan fingerprint density at radius 2 is 2.24 bits per heavy atom. The highest BCUT2D eigenvalue weighted by Gasteiger charge is 2.54. The van der Waals surface area contributed by atoms with Crippen molar-refractivity contribution in [3.8, 4) is 0 Å². The van der Waals surface area contributed by atoms with Gasteiger partial charge in [0, 0.05) is 5.56 Å². The van der Waals surface area contributed by atoms with Gasteiger partial charge in [-0.3, -0.25) is 0 Å².